The summed E-state index contributed by atoms with van der Waals surface area (Å²) in [7, 11) is 0. The van der Waals surface area contributed by atoms with Gasteiger partial charge in [-0.25, -0.2) is 0 Å². The number of aryl methyl sites for hydroxylation is 1. The number of phenolic OH excluding ortho intramolecular Hbond substituents is 1. The summed E-state index contributed by atoms with van der Waals surface area (Å²) in [4.78, 5) is 25.5. The first-order chi connectivity index (χ1) is 17.6. The van der Waals surface area contributed by atoms with Crippen molar-refractivity contribution in [1.29, 1.82) is 0 Å². The Hall–Kier alpha value is -2.90. The Morgan fingerprint density at radius 1 is 0.778 bits per heavy atom. The van der Waals surface area contributed by atoms with E-state index in [1.807, 2.05) is 30.3 Å². The first kappa shape index (κ1) is 29.3. The zero-order valence-electron chi connectivity index (χ0n) is 21.5. The Bertz CT molecular complexity index is 859. The van der Waals surface area contributed by atoms with Crippen LogP contribution in [0.15, 0.2) is 54.6 Å². The zero-order valence-corrected chi connectivity index (χ0v) is 21.5. The number of aromatic hydroxyl groups is 1. The van der Waals surface area contributed by atoms with Crippen LogP contribution in [0.2, 0.25) is 0 Å². The molecule has 2 aromatic rings. The fraction of sp³-hybridized carbons (Fsp3) is 0.517. The maximum atomic E-state index is 12.9. The third kappa shape index (κ3) is 13.3. The van der Waals surface area contributed by atoms with Gasteiger partial charge in [-0.05, 0) is 68.6 Å². The van der Waals surface area contributed by atoms with Crippen LogP contribution in [0.25, 0.3) is 0 Å². The lowest BCUT2D eigenvalue weighted by atomic mass is 10.0. The van der Waals surface area contributed by atoms with Crippen LogP contribution >= 0.6 is 0 Å². The van der Waals surface area contributed by atoms with E-state index in [-0.39, 0.29) is 17.6 Å². The second-order valence-corrected chi connectivity index (χ2v) is 9.28. The number of nitrogens with two attached hydrogens (primary N) is 1. The van der Waals surface area contributed by atoms with Gasteiger partial charge in [-0.3, -0.25) is 9.59 Å². The highest BCUT2D eigenvalue weighted by Gasteiger charge is 2.21. The highest BCUT2D eigenvalue weighted by molar-refractivity contribution is 5.87. The second kappa shape index (κ2) is 18.4. The molecule has 0 bridgehead atoms. The van der Waals surface area contributed by atoms with E-state index in [0.717, 1.165) is 56.4 Å². The molecule has 0 saturated carbocycles. The third-order valence-electron chi connectivity index (χ3n) is 6.15. The number of carbonyl (C=O) groups is 2. The Labute approximate surface area is 216 Å². The lowest BCUT2D eigenvalue weighted by molar-refractivity contribution is -0.129. The molecule has 2 amide bonds. The predicted molar refractivity (Wildman–Crippen MR) is 146 cm³/mol. The molecular formula is C29H44N4O3. The third-order valence-corrected chi connectivity index (χ3v) is 6.15. The van der Waals surface area contributed by atoms with E-state index >= 15 is 0 Å². The summed E-state index contributed by atoms with van der Waals surface area (Å²) in [5.74, 6) is -0.135. The average Bonchev–Trinajstić information content (AvgIpc) is 2.89. The quantitative estimate of drug-likeness (QED) is 0.191. The Kier molecular flexibility index (Phi) is 15.0. The van der Waals surface area contributed by atoms with E-state index in [4.69, 9.17) is 5.73 Å². The van der Waals surface area contributed by atoms with Gasteiger partial charge < -0.3 is 26.8 Å². The van der Waals surface area contributed by atoms with E-state index < -0.39 is 6.04 Å². The van der Waals surface area contributed by atoms with Gasteiger partial charge in [0.1, 0.15) is 11.8 Å². The van der Waals surface area contributed by atoms with E-state index in [0.29, 0.717) is 25.8 Å². The lowest BCUT2D eigenvalue weighted by Crippen LogP contribution is -2.48. The van der Waals surface area contributed by atoms with Crippen molar-refractivity contribution in [3.05, 3.63) is 65.7 Å². The van der Waals surface area contributed by atoms with Crippen molar-refractivity contribution in [2.45, 2.75) is 70.3 Å². The summed E-state index contributed by atoms with van der Waals surface area (Å²) in [6.07, 6.45) is 9.12. The molecule has 0 heterocycles. The molecule has 198 valence electrons. The molecule has 0 aliphatic carbocycles. The molecule has 6 N–H and O–H groups in total. The van der Waals surface area contributed by atoms with Crippen molar-refractivity contribution < 1.29 is 14.7 Å². The van der Waals surface area contributed by atoms with Crippen LogP contribution in [-0.2, 0) is 22.4 Å². The van der Waals surface area contributed by atoms with Gasteiger partial charge in [0.2, 0.25) is 11.8 Å². The van der Waals surface area contributed by atoms with Crippen molar-refractivity contribution >= 4 is 11.8 Å². The summed E-state index contributed by atoms with van der Waals surface area (Å²) in [6.45, 7) is 3.39. The first-order valence-corrected chi connectivity index (χ1v) is 13.4. The predicted octanol–water partition coefficient (Wildman–Crippen LogP) is 3.45. The number of nitrogens with one attached hydrogen (secondary N) is 3. The van der Waals surface area contributed by atoms with Crippen molar-refractivity contribution in [2.75, 3.05) is 26.2 Å². The van der Waals surface area contributed by atoms with Gasteiger partial charge in [0.25, 0.3) is 0 Å². The smallest absolute Gasteiger partial charge is 0.242 e. The second-order valence-electron chi connectivity index (χ2n) is 9.28. The molecule has 2 aromatic carbocycles. The number of benzene rings is 2. The van der Waals surface area contributed by atoms with Crippen LogP contribution in [0.4, 0.5) is 0 Å². The van der Waals surface area contributed by atoms with E-state index in [2.05, 4.69) is 16.0 Å². The fourth-order valence-electron chi connectivity index (χ4n) is 4.02. The summed E-state index contributed by atoms with van der Waals surface area (Å²) in [5.41, 5.74) is 7.46. The van der Waals surface area contributed by atoms with Gasteiger partial charge in [0, 0.05) is 19.4 Å². The highest BCUT2D eigenvalue weighted by atomic mass is 16.3. The van der Waals surface area contributed by atoms with Crippen molar-refractivity contribution in [1.82, 2.24) is 16.0 Å². The SMILES string of the molecule is NCCCNCCCCCCCCNC(=O)[C@H](Cc1ccc(O)cc1)NC(=O)CCc1ccccc1. The van der Waals surface area contributed by atoms with Crippen molar-refractivity contribution in [3.8, 4) is 5.75 Å². The molecule has 1 atom stereocenters. The van der Waals surface area contributed by atoms with Gasteiger partial charge in [-0.15, -0.1) is 0 Å². The monoisotopic (exact) mass is 496 g/mol. The molecule has 7 heteroatoms. The molecule has 0 aromatic heterocycles. The maximum absolute atomic E-state index is 12.9. The van der Waals surface area contributed by atoms with Crippen LogP contribution in [0.5, 0.6) is 5.75 Å². The fourth-order valence-corrected chi connectivity index (χ4v) is 4.02. The van der Waals surface area contributed by atoms with Crippen molar-refractivity contribution in [2.24, 2.45) is 5.73 Å². The Morgan fingerprint density at radius 2 is 1.42 bits per heavy atom. The number of rotatable bonds is 19. The van der Waals surface area contributed by atoms with E-state index in [1.54, 1.807) is 24.3 Å². The topological polar surface area (TPSA) is 116 Å². The summed E-state index contributed by atoms with van der Waals surface area (Å²) in [5, 5.41) is 18.9. The molecule has 0 fully saturated rings. The number of hydrogen-bond donors (Lipinski definition) is 5. The minimum Gasteiger partial charge on any atom is -0.508 e. The molecule has 0 unspecified atom stereocenters. The van der Waals surface area contributed by atoms with Crippen LogP contribution in [0, 0.1) is 0 Å². The minimum absolute atomic E-state index is 0.143. The number of phenols is 1. The molecular weight excluding hydrogens is 452 g/mol. The van der Waals surface area contributed by atoms with Gasteiger partial charge in [0.05, 0.1) is 0 Å². The number of carbonyl (C=O) groups excluding carboxylic acids is 2. The van der Waals surface area contributed by atoms with Crippen LogP contribution < -0.4 is 21.7 Å². The summed E-state index contributed by atoms with van der Waals surface area (Å²) >= 11 is 0. The molecule has 7 nitrogen and oxygen atoms in total. The molecule has 0 saturated heterocycles. The van der Waals surface area contributed by atoms with Gasteiger partial charge >= 0.3 is 0 Å². The molecule has 36 heavy (non-hydrogen) atoms. The van der Waals surface area contributed by atoms with Gasteiger partial charge in [-0.1, -0.05) is 68.1 Å². The number of unbranched alkanes of at least 4 members (excludes halogenated alkanes) is 5. The summed E-state index contributed by atoms with van der Waals surface area (Å²) in [6, 6.07) is 15.9. The number of amides is 2. The molecule has 0 spiro atoms. The van der Waals surface area contributed by atoms with Crippen LogP contribution in [-0.4, -0.2) is 49.1 Å². The number of hydrogen-bond acceptors (Lipinski definition) is 5. The van der Waals surface area contributed by atoms with E-state index in [1.165, 1.54) is 19.3 Å². The lowest BCUT2D eigenvalue weighted by Gasteiger charge is -2.19. The molecule has 0 aliphatic heterocycles. The van der Waals surface area contributed by atoms with Gasteiger partial charge in [0.15, 0.2) is 0 Å². The highest BCUT2D eigenvalue weighted by Crippen LogP contribution is 2.12. The Balaban J connectivity index is 1.70. The maximum Gasteiger partial charge on any atom is 0.242 e. The molecule has 0 radical (unpaired) electrons. The van der Waals surface area contributed by atoms with Crippen LogP contribution in [0.3, 0.4) is 0 Å². The normalized spacial score (nSPS) is 11.7. The zero-order chi connectivity index (χ0) is 25.8. The average molecular weight is 497 g/mol. The van der Waals surface area contributed by atoms with Crippen LogP contribution in [0.1, 0.15) is 62.5 Å². The van der Waals surface area contributed by atoms with Crippen molar-refractivity contribution in [3.63, 3.8) is 0 Å². The van der Waals surface area contributed by atoms with Gasteiger partial charge in [-0.2, -0.15) is 0 Å². The standard InChI is InChI=1S/C29H44N4O3/c30-19-10-21-31-20-8-3-1-2-4-9-22-32-29(36)27(23-25-13-16-26(34)17-14-25)33-28(35)18-15-24-11-6-5-7-12-24/h5-7,11-14,16-17,27,31,34H,1-4,8-10,15,18-23,30H2,(H,32,36)(H,33,35)/t27-/m0/s1. The Morgan fingerprint density at radius 3 is 2.11 bits per heavy atom. The largest absolute Gasteiger partial charge is 0.508 e. The van der Waals surface area contributed by atoms with E-state index in [9.17, 15) is 14.7 Å². The molecule has 0 aliphatic rings. The minimum atomic E-state index is -0.649. The summed E-state index contributed by atoms with van der Waals surface area (Å²) < 4.78 is 0. The molecule has 2 rings (SSSR count). The first-order valence-electron chi connectivity index (χ1n) is 13.4.